The molecule has 0 fully saturated rings. The summed E-state index contributed by atoms with van der Waals surface area (Å²) in [5.74, 6) is 0.0579. The van der Waals surface area contributed by atoms with E-state index in [4.69, 9.17) is 4.74 Å². The summed E-state index contributed by atoms with van der Waals surface area (Å²) in [6, 6.07) is 20.4. The zero-order valence-electron chi connectivity index (χ0n) is 11.6. The summed E-state index contributed by atoms with van der Waals surface area (Å²) >= 11 is 0. The van der Waals surface area contributed by atoms with Crippen molar-refractivity contribution in [2.45, 2.75) is 5.92 Å². The maximum Gasteiger partial charge on any atom is 0.246 e. The molecule has 0 saturated carbocycles. The molecule has 0 bridgehead atoms. The maximum absolute atomic E-state index is 11.6. The quantitative estimate of drug-likeness (QED) is 0.875. The van der Waals surface area contributed by atoms with E-state index in [9.17, 15) is 4.79 Å². The van der Waals surface area contributed by atoms with Crippen molar-refractivity contribution in [2.24, 2.45) is 0 Å². The van der Waals surface area contributed by atoms with Gasteiger partial charge >= 0.3 is 0 Å². The second kappa shape index (κ2) is 7.46. The molecular formula is C17H19NO2. The van der Waals surface area contributed by atoms with Crippen LogP contribution in [0.25, 0.3) is 0 Å². The number of carbonyl (C=O) groups is 1. The Morgan fingerprint density at radius 2 is 1.50 bits per heavy atom. The van der Waals surface area contributed by atoms with E-state index in [0.717, 1.165) is 0 Å². The van der Waals surface area contributed by atoms with Crippen LogP contribution in [0.1, 0.15) is 17.0 Å². The first-order valence-electron chi connectivity index (χ1n) is 6.67. The first kappa shape index (κ1) is 14.3. The predicted molar refractivity (Wildman–Crippen MR) is 79.6 cm³/mol. The highest BCUT2D eigenvalue weighted by Crippen LogP contribution is 2.23. The van der Waals surface area contributed by atoms with Crippen molar-refractivity contribution in [1.82, 2.24) is 5.32 Å². The van der Waals surface area contributed by atoms with Gasteiger partial charge in [-0.2, -0.15) is 0 Å². The molecule has 1 amide bonds. The van der Waals surface area contributed by atoms with Gasteiger partial charge in [0.15, 0.2) is 0 Å². The molecule has 0 aliphatic carbocycles. The number of ether oxygens (including phenoxy) is 1. The summed E-state index contributed by atoms with van der Waals surface area (Å²) in [5, 5.41) is 2.92. The fourth-order valence-corrected chi connectivity index (χ4v) is 2.20. The third-order valence-electron chi connectivity index (χ3n) is 3.18. The molecule has 0 aliphatic rings. The van der Waals surface area contributed by atoms with Crippen molar-refractivity contribution >= 4 is 5.91 Å². The second-order valence-electron chi connectivity index (χ2n) is 4.61. The van der Waals surface area contributed by atoms with E-state index in [1.807, 2.05) is 36.4 Å². The summed E-state index contributed by atoms with van der Waals surface area (Å²) in [7, 11) is 1.52. The molecule has 1 N–H and O–H groups in total. The van der Waals surface area contributed by atoms with Gasteiger partial charge in [-0.25, -0.2) is 0 Å². The van der Waals surface area contributed by atoms with Gasteiger partial charge in [0.2, 0.25) is 5.91 Å². The molecule has 20 heavy (non-hydrogen) atoms. The van der Waals surface area contributed by atoms with E-state index < -0.39 is 0 Å². The highest BCUT2D eigenvalue weighted by molar-refractivity contribution is 5.77. The third-order valence-corrected chi connectivity index (χ3v) is 3.18. The van der Waals surface area contributed by atoms with Crippen molar-refractivity contribution in [3.05, 3.63) is 71.8 Å². The third kappa shape index (κ3) is 3.93. The van der Waals surface area contributed by atoms with Crippen molar-refractivity contribution in [2.75, 3.05) is 20.3 Å². The van der Waals surface area contributed by atoms with Crippen LogP contribution in [0.4, 0.5) is 0 Å². The minimum Gasteiger partial charge on any atom is -0.375 e. The second-order valence-corrected chi connectivity index (χ2v) is 4.61. The van der Waals surface area contributed by atoms with Gasteiger partial charge < -0.3 is 10.1 Å². The van der Waals surface area contributed by atoms with Crippen LogP contribution in [0.15, 0.2) is 60.7 Å². The molecule has 3 heteroatoms. The molecule has 0 heterocycles. The normalized spacial score (nSPS) is 10.5. The Labute approximate surface area is 119 Å². The topological polar surface area (TPSA) is 38.3 Å². The van der Waals surface area contributed by atoms with Crippen molar-refractivity contribution in [3.63, 3.8) is 0 Å². The van der Waals surface area contributed by atoms with E-state index >= 15 is 0 Å². The average Bonchev–Trinajstić information content (AvgIpc) is 2.50. The van der Waals surface area contributed by atoms with E-state index in [-0.39, 0.29) is 18.4 Å². The molecule has 0 atom stereocenters. The highest BCUT2D eigenvalue weighted by Gasteiger charge is 2.14. The Morgan fingerprint density at radius 3 is 1.95 bits per heavy atom. The fraction of sp³-hybridized carbons (Fsp3) is 0.235. The number of rotatable bonds is 6. The number of hydrogen-bond donors (Lipinski definition) is 1. The maximum atomic E-state index is 11.6. The molecule has 2 rings (SSSR count). The van der Waals surface area contributed by atoms with Crippen LogP contribution in [0.5, 0.6) is 0 Å². The lowest BCUT2D eigenvalue weighted by atomic mass is 9.91. The van der Waals surface area contributed by atoms with Crippen LogP contribution in [0.3, 0.4) is 0 Å². The molecule has 0 aliphatic heterocycles. The largest absolute Gasteiger partial charge is 0.375 e. The van der Waals surface area contributed by atoms with Gasteiger partial charge in [0, 0.05) is 19.6 Å². The zero-order valence-corrected chi connectivity index (χ0v) is 11.6. The number of nitrogens with one attached hydrogen (secondary N) is 1. The molecule has 2 aromatic carbocycles. The minimum absolute atomic E-state index is 0.0932. The van der Waals surface area contributed by atoms with Crippen LogP contribution in [-0.2, 0) is 9.53 Å². The van der Waals surface area contributed by atoms with E-state index in [1.54, 1.807) is 0 Å². The smallest absolute Gasteiger partial charge is 0.246 e. The number of carbonyl (C=O) groups excluding carboxylic acids is 1. The van der Waals surface area contributed by atoms with Crippen molar-refractivity contribution in [3.8, 4) is 0 Å². The number of benzene rings is 2. The zero-order chi connectivity index (χ0) is 14.2. The lowest BCUT2D eigenvalue weighted by Gasteiger charge is -2.18. The monoisotopic (exact) mass is 269 g/mol. The number of amides is 1. The Kier molecular flexibility index (Phi) is 5.33. The van der Waals surface area contributed by atoms with Gasteiger partial charge in [0.25, 0.3) is 0 Å². The number of methoxy groups -OCH3 is 1. The van der Waals surface area contributed by atoms with Gasteiger partial charge in [0.05, 0.1) is 0 Å². The molecule has 2 aromatic rings. The van der Waals surface area contributed by atoms with E-state index in [2.05, 4.69) is 29.6 Å². The van der Waals surface area contributed by atoms with Crippen LogP contribution >= 0.6 is 0 Å². The van der Waals surface area contributed by atoms with Crippen molar-refractivity contribution < 1.29 is 9.53 Å². The van der Waals surface area contributed by atoms with Gasteiger partial charge in [0.1, 0.15) is 6.61 Å². The molecular weight excluding hydrogens is 250 g/mol. The lowest BCUT2D eigenvalue weighted by molar-refractivity contribution is -0.124. The molecule has 0 aromatic heterocycles. The molecule has 0 saturated heterocycles. The molecule has 0 spiro atoms. The van der Waals surface area contributed by atoms with Crippen molar-refractivity contribution in [1.29, 1.82) is 0 Å². The van der Waals surface area contributed by atoms with Gasteiger partial charge in [-0.1, -0.05) is 60.7 Å². The average molecular weight is 269 g/mol. The number of hydrogen-bond acceptors (Lipinski definition) is 2. The summed E-state index contributed by atoms with van der Waals surface area (Å²) in [4.78, 5) is 11.6. The summed E-state index contributed by atoms with van der Waals surface area (Å²) < 4.78 is 4.84. The summed E-state index contributed by atoms with van der Waals surface area (Å²) in [6.45, 7) is 0.659. The standard InChI is InChI=1S/C17H19NO2/c1-20-13-17(19)18-12-16(14-8-4-2-5-9-14)15-10-6-3-7-11-15/h2-11,16H,12-13H2,1H3,(H,18,19). The van der Waals surface area contributed by atoms with Gasteiger partial charge in [-0.15, -0.1) is 0 Å². The van der Waals surface area contributed by atoms with E-state index in [0.29, 0.717) is 6.54 Å². The van der Waals surface area contributed by atoms with Crippen LogP contribution in [0.2, 0.25) is 0 Å². The first-order valence-corrected chi connectivity index (χ1v) is 6.67. The summed E-state index contributed by atoms with van der Waals surface area (Å²) in [5.41, 5.74) is 2.38. The Bertz CT molecular complexity index is 486. The molecule has 0 unspecified atom stereocenters. The minimum atomic E-state index is -0.0932. The van der Waals surface area contributed by atoms with E-state index in [1.165, 1.54) is 18.2 Å². The molecule has 104 valence electrons. The Hall–Kier alpha value is -2.13. The predicted octanol–water partition coefficient (Wildman–Crippen LogP) is 2.58. The van der Waals surface area contributed by atoms with Crippen LogP contribution in [0, 0.1) is 0 Å². The van der Waals surface area contributed by atoms with Gasteiger partial charge in [-0.3, -0.25) is 4.79 Å². The highest BCUT2D eigenvalue weighted by atomic mass is 16.5. The van der Waals surface area contributed by atoms with Crippen LogP contribution in [-0.4, -0.2) is 26.2 Å². The summed E-state index contributed by atoms with van der Waals surface area (Å²) in [6.07, 6.45) is 0. The SMILES string of the molecule is COCC(=O)NCC(c1ccccc1)c1ccccc1. The Morgan fingerprint density at radius 1 is 1.00 bits per heavy atom. The Balaban J connectivity index is 2.15. The molecule has 3 nitrogen and oxygen atoms in total. The van der Waals surface area contributed by atoms with Gasteiger partial charge in [-0.05, 0) is 11.1 Å². The fourth-order valence-electron chi connectivity index (χ4n) is 2.20. The first-order chi connectivity index (χ1) is 9.81. The van der Waals surface area contributed by atoms with Crippen LogP contribution < -0.4 is 5.32 Å². The lowest BCUT2D eigenvalue weighted by Crippen LogP contribution is -2.31. The molecule has 0 radical (unpaired) electrons.